The lowest BCUT2D eigenvalue weighted by Crippen LogP contribution is -2.36. The molecule has 0 heterocycles. The monoisotopic (exact) mass is 271 g/mol. The van der Waals surface area contributed by atoms with Gasteiger partial charge in [-0.05, 0) is 32.1 Å². The van der Waals surface area contributed by atoms with Crippen molar-refractivity contribution < 1.29 is 8.78 Å². The highest BCUT2D eigenvalue weighted by molar-refractivity contribution is 7.99. The Hall–Kier alpha value is -0.610. The molecule has 1 aromatic rings. The predicted molar refractivity (Wildman–Crippen MR) is 72.9 cm³/mol. The molecule has 100 valence electrons. The Morgan fingerprint density at radius 1 is 1.33 bits per heavy atom. The molecular formula is C14H19F2NS. The Morgan fingerprint density at radius 3 is 2.78 bits per heavy atom. The van der Waals surface area contributed by atoms with Gasteiger partial charge < -0.3 is 5.32 Å². The summed E-state index contributed by atoms with van der Waals surface area (Å²) in [5.41, 5.74) is 0.545. The van der Waals surface area contributed by atoms with E-state index >= 15 is 0 Å². The van der Waals surface area contributed by atoms with Gasteiger partial charge in [0.25, 0.3) is 0 Å². The first-order valence-electron chi connectivity index (χ1n) is 6.35. The van der Waals surface area contributed by atoms with Crippen molar-refractivity contribution >= 4 is 11.8 Å². The second-order valence-electron chi connectivity index (χ2n) is 4.87. The van der Waals surface area contributed by atoms with Gasteiger partial charge in [0, 0.05) is 29.0 Å². The summed E-state index contributed by atoms with van der Waals surface area (Å²) in [5, 5.41) is 4.08. The van der Waals surface area contributed by atoms with Crippen molar-refractivity contribution in [2.75, 3.05) is 6.26 Å². The standard InChI is InChI=1S/C14H19F2NS/c1-9(11-7-6-10(15)8-12(11)16)17-13-4-3-5-14(13)18-2/h6-9,13-14,17H,3-5H2,1-2H3. The van der Waals surface area contributed by atoms with E-state index in [0.717, 1.165) is 12.5 Å². The fraction of sp³-hybridized carbons (Fsp3) is 0.571. The van der Waals surface area contributed by atoms with E-state index in [1.54, 1.807) is 0 Å². The number of halogens is 2. The minimum absolute atomic E-state index is 0.0802. The molecule has 0 bridgehead atoms. The Kier molecular flexibility index (Phi) is 4.62. The average Bonchev–Trinajstić information content (AvgIpc) is 2.76. The van der Waals surface area contributed by atoms with E-state index in [1.807, 2.05) is 18.7 Å². The van der Waals surface area contributed by atoms with Gasteiger partial charge >= 0.3 is 0 Å². The van der Waals surface area contributed by atoms with Crippen LogP contribution in [0.15, 0.2) is 18.2 Å². The first kappa shape index (κ1) is 13.8. The van der Waals surface area contributed by atoms with E-state index in [-0.39, 0.29) is 6.04 Å². The van der Waals surface area contributed by atoms with Crippen molar-refractivity contribution in [1.82, 2.24) is 5.32 Å². The van der Waals surface area contributed by atoms with Crippen molar-refractivity contribution in [3.8, 4) is 0 Å². The van der Waals surface area contributed by atoms with Gasteiger partial charge in [0.1, 0.15) is 11.6 Å². The third-order valence-electron chi connectivity index (χ3n) is 3.65. The van der Waals surface area contributed by atoms with Crippen molar-refractivity contribution in [3.63, 3.8) is 0 Å². The molecule has 1 fully saturated rings. The molecule has 1 saturated carbocycles. The third kappa shape index (κ3) is 3.04. The quantitative estimate of drug-likeness (QED) is 0.891. The maximum Gasteiger partial charge on any atom is 0.130 e. The van der Waals surface area contributed by atoms with Crippen molar-refractivity contribution in [2.45, 2.75) is 43.5 Å². The predicted octanol–water partition coefficient (Wildman–Crippen LogP) is 3.90. The lowest BCUT2D eigenvalue weighted by atomic mass is 10.1. The summed E-state index contributed by atoms with van der Waals surface area (Å²) in [7, 11) is 0. The van der Waals surface area contributed by atoms with Crippen LogP contribution in [0.2, 0.25) is 0 Å². The molecule has 0 spiro atoms. The molecule has 4 heteroatoms. The van der Waals surface area contributed by atoms with E-state index in [9.17, 15) is 8.78 Å². The minimum atomic E-state index is -0.522. The smallest absolute Gasteiger partial charge is 0.130 e. The first-order chi connectivity index (χ1) is 8.61. The highest BCUT2D eigenvalue weighted by atomic mass is 32.2. The zero-order chi connectivity index (χ0) is 13.1. The van der Waals surface area contributed by atoms with E-state index < -0.39 is 11.6 Å². The van der Waals surface area contributed by atoms with Gasteiger partial charge in [0.05, 0.1) is 0 Å². The maximum absolute atomic E-state index is 13.7. The van der Waals surface area contributed by atoms with Gasteiger partial charge in [0.15, 0.2) is 0 Å². The lowest BCUT2D eigenvalue weighted by Gasteiger charge is -2.24. The number of benzene rings is 1. The van der Waals surface area contributed by atoms with Crippen LogP contribution in [0, 0.1) is 11.6 Å². The van der Waals surface area contributed by atoms with Crippen LogP contribution in [-0.2, 0) is 0 Å². The van der Waals surface area contributed by atoms with Crippen LogP contribution in [0.3, 0.4) is 0 Å². The molecule has 1 N–H and O–H groups in total. The molecule has 1 aliphatic carbocycles. The molecule has 0 amide bonds. The van der Waals surface area contributed by atoms with E-state index in [4.69, 9.17) is 0 Å². The van der Waals surface area contributed by atoms with Crippen LogP contribution >= 0.6 is 11.8 Å². The van der Waals surface area contributed by atoms with E-state index in [1.165, 1.54) is 25.0 Å². The normalized spacial score (nSPS) is 25.3. The SMILES string of the molecule is CSC1CCCC1NC(C)c1ccc(F)cc1F. The summed E-state index contributed by atoms with van der Waals surface area (Å²) < 4.78 is 26.5. The molecular weight excluding hydrogens is 252 g/mol. The molecule has 0 radical (unpaired) electrons. The maximum atomic E-state index is 13.7. The molecule has 18 heavy (non-hydrogen) atoms. The molecule has 0 aromatic heterocycles. The molecule has 3 unspecified atom stereocenters. The van der Waals surface area contributed by atoms with Gasteiger partial charge in [-0.15, -0.1) is 0 Å². The summed E-state index contributed by atoms with van der Waals surface area (Å²) in [6.07, 6.45) is 5.70. The van der Waals surface area contributed by atoms with Crippen LogP contribution < -0.4 is 5.32 Å². The molecule has 0 saturated heterocycles. The summed E-state index contributed by atoms with van der Waals surface area (Å²) in [5.74, 6) is -0.986. The zero-order valence-electron chi connectivity index (χ0n) is 10.7. The van der Waals surface area contributed by atoms with Crippen LogP contribution in [0.4, 0.5) is 8.78 Å². The third-order valence-corrected chi connectivity index (χ3v) is 4.82. The summed E-state index contributed by atoms with van der Waals surface area (Å²) in [4.78, 5) is 0. The van der Waals surface area contributed by atoms with E-state index in [2.05, 4.69) is 11.6 Å². The second kappa shape index (κ2) is 6.02. The fourth-order valence-corrected chi connectivity index (χ4v) is 3.61. The number of hydrogen-bond donors (Lipinski definition) is 1. The largest absolute Gasteiger partial charge is 0.306 e. The number of nitrogens with one attached hydrogen (secondary N) is 1. The highest BCUT2D eigenvalue weighted by Gasteiger charge is 2.28. The Bertz CT molecular complexity index is 411. The van der Waals surface area contributed by atoms with Crippen LogP contribution in [0.25, 0.3) is 0 Å². The number of thioether (sulfide) groups is 1. The fourth-order valence-electron chi connectivity index (χ4n) is 2.66. The van der Waals surface area contributed by atoms with Gasteiger partial charge in [-0.1, -0.05) is 12.5 Å². The average molecular weight is 271 g/mol. The molecule has 1 aromatic carbocycles. The zero-order valence-corrected chi connectivity index (χ0v) is 11.6. The Morgan fingerprint density at radius 2 is 2.11 bits per heavy atom. The van der Waals surface area contributed by atoms with E-state index in [0.29, 0.717) is 16.9 Å². The lowest BCUT2D eigenvalue weighted by molar-refractivity contribution is 0.450. The van der Waals surface area contributed by atoms with Crippen molar-refractivity contribution in [3.05, 3.63) is 35.4 Å². The van der Waals surface area contributed by atoms with Crippen LogP contribution in [-0.4, -0.2) is 17.5 Å². The molecule has 0 aliphatic heterocycles. The van der Waals surface area contributed by atoms with Gasteiger partial charge in [-0.25, -0.2) is 8.78 Å². The van der Waals surface area contributed by atoms with Crippen LogP contribution in [0.1, 0.15) is 37.8 Å². The summed E-state index contributed by atoms with van der Waals surface area (Å²) >= 11 is 1.87. The summed E-state index contributed by atoms with van der Waals surface area (Å²) in [6.45, 7) is 1.94. The minimum Gasteiger partial charge on any atom is -0.306 e. The first-order valence-corrected chi connectivity index (χ1v) is 7.64. The number of rotatable bonds is 4. The Balaban J connectivity index is 2.05. The van der Waals surface area contributed by atoms with Gasteiger partial charge in [0.2, 0.25) is 0 Å². The second-order valence-corrected chi connectivity index (χ2v) is 5.94. The molecule has 1 nitrogen and oxygen atoms in total. The highest BCUT2D eigenvalue weighted by Crippen LogP contribution is 2.30. The molecule has 2 rings (SSSR count). The number of hydrogen-bond acceptors (Lipinski definition) is 2. The molecule has 1 aliphatic rings. The van der Waals surface area contributed by atoms with Crippen LogP contribution in [0.5, 0.6) is 0 Å². The van der Waals surface area contributed by atoms with Gasteiger partial charge in [-0.3, -0.25) is 0 Å². The van der Waals surface area contributed by atoms with Gasteiger partial charge in [-0.2, -0.15) is 11.8 Å². The van der Waals surface area contributed by atoms with Crippen molar-refractivity contribution in [1.29, 1.82) is 0 Å². The summed E-state index contributed by atoms with van der Waals surface area (Å²) in [6, 6.07) is 4.15. The Labute approximate surface area is 111 Å². The topological polar surface area (TPSA) is 12.0 Å². The van der Waals surface area contributed by atoms with Crippen molar-refractivity contribution in [2.24, 2.45) is 0 Å². The molecule has 3 atom stereocenters.